The van der Waals surface area contributed by atoms with Crippen molar-refractivity contribution in [2.24, 2.45) is 0 Å². The van der Waals surface area contributed by atoms with Crippen LogP contribution in [0.15, 0.2) is 79.0 Å². The zero-order valence-electron chi connectivity index (χ0n) is 16.5. The third-order valence-electron chi connectivity index (χ3n) is 5.80. The minimum atomic E-state index is -0.207. The molecule has 3 heteroatoms. The van der Waals surface area contributed by atoms with Gasteiger partial charge < -0.3 is 4.57 Å². The molecular formula is C26H21FN2. The fraction of sp³-hybridized carbons (Fsp3) is 0.115. The second-order valence-corrected chi connectivity index (χ2v) is 7.54. The first kappa shape index (κ1) is 17.6. The lowest BCUT2D eigenvalue weighted by Gasteiger charge is -2.12. The second kappa shape index (κ2) is 6.85. The van der Waals surface area contributed by atoms with Crippen molar-refractivity contribution in [3.05, 3.63) is 102 Å². The summed E-state index contributed by atoms with van der Waals surface area (Å²) in [5.41, 5.74) is 6.51. The summed E-state index contributed by atoms with van der Waals surface area (Å²) in [5.74, 6) is -0.207. The van der Waals surface area contributed by atoms with Crippen LogP contribution in [0.4, 0.5) is 4.39 Å². The normalized spacial score (nSPS) is 11.4. The van der Waals surface area contributed by atoms with Gasteiger partial charge in [0.2, 0.25) is 0 Å². The van der Waals surface area contributed by atoms with E-state index >= 15 is 0 Å². The first-order chi connectivity index (χ1) is 14.1. The highest BCUT2D eigenvalue weighted by atomic mass is 19.1. The molecule has 0 fully saturated rings. The van der Waals surface area contributed by atoms with Gasteiger partial charge in [0.05, 0.1) is 11.2 Å². The van der Waals surface area contributed by atoms with Crippen molar-refractivity contribution in [1.29, 1.82) is 0 Å². The van der Waals surface area contributed by atoms with E-state index in [4.69, 9.17) is 4.98 Å². The smallest absolute Gasteiger partial charge is 0.123 e. The molecule has 0 aliphatic heterocycles. The molecule has 2 aromatic heterocycles. The molecule has 0 aliphatic rings. The van der Waals surface area contributed by atoms with Gasteiger partial charge in [0, 0.05) is 29.4 Å². The molecule has 0 bridgehead atoms. The van der Waals surface area contributed by atoms with Gasteiger partial charge in [-0.15, -0.1) is 0 Å². The Morgan fingerprint density at radius 3 is 2.52 bits per heavy atom. The number of pyridine rings is 1. The molecule has 29 heavy (non-hydrogen) atoms. The standard InChI is InChI=1S/C26H21FN2/c1-17-18(2)29(16-19-6-5-9-23(27)14-19)26-24(17)12-13-28-25(26)22-11-10-20-7-3-4-8-21(20)15-22/h3-15H,16H2,1-2H3. The molecule has 0 saturated carbocycles. The van der Waals surface area contributed by atoms with Crippen molar-refractivity contribution < 1.29 is 4.39 Å². The molecule has 2 heterocycles. The number of rotatable bonds is 3. The number of aryl methyl sites for hydroxylation is 1. The Hall–Kier alpha value is -3.46. The molecule has 2 nitrogen and oxygen atoms in total. The number of aromatic nitrogens is 2. The van der Waals surface area contributed by atoms with Crippen LogP contribution in [-0.2, 0) is 6.54 Å². The lowest BCUT2D eigenvalue weighted by molar-refractivity contribution is 0.623. The van der Waals surface area contributed by atoms with E-state index in [0.717, 1.165) is 22.3 Å². The molecule has 5 rings (SSSR count). The topological polar surface area (TPSA) is 17.8 Å². The molecule has 0 atom stereocenters. The zero-order valence-corrected chi connectivity index (χ0v) is 16.5. The lowest BCUT2D eigenvalue weighted by Crippen LogP contribution is -2.03. The largest absolute Gasteiger partial charge is 0.338 e. The van der Waals surface area contributed by atoms with Crippen LogP contribution in [0.3, 0.4) is 0 Å². The number of hydrogen-bond donors (Lipinski definition) is 0. The molecule has 3 aromatic carbocycles. The van der Waals surface area contributed by atoms with Crippen LogP contribution in [0.5, 0.6) is 0 Å². The van der Waals surface area contributed by atoms with Crippen molar-refractivity contribution >= 4 is 21.7 Å². The minimum Gasteiger partial charge on any atom is -0.338 e. The summed E-state index contributed by atoms with van der Waals surface area (Å²) in [6.07, 6.45) is 1.88. The van der Waals surface area contributed by atoms with Crippen LogP contribution in [0.1, 0.15) is 16.8 Å². The highest BCUT2D eigenvalue weighted by Gasteiger charge is 2.17. The molecule has 5 aromatic rings. The highest BCUT2D eigenvalue weighted by Crippen LogP contribution is 2.34. The molecule has 0 aliphatic carbocycles. The highest BCUT2D eigenvalue weighted by molar-refractivity contribution is 5.97. The van der Waals surface area contributed by atoms with E-state index in [1.165, 1.54) is 33.5 Å². The molecule has 0 radical (unpaired) electrons. The monoisotopic (exact) mass is 380 g/mol. The van der Waals surface area contributed by atoms with Gasteiger partial charge in [-0.3, -0.25) is 4.98 Å². The van der Waals surface area contributed by atoms with Gasteiger partial charge in [-0.2, -0.15) is 0 Å². The van der Waals surface area contributed by atoms with Gasteiger partial charge in [0.15, 0.2) is 0 Å². The predicted octanol–water partition coefficient (Wildman–Crippen LogP) is 6.66. The summed E-state index contributed by atoms with van der Waals surface area (Å²) in [4.78, 5) is 4.76. The van der Waals surface area contributed by atoms with Gasteiger partial charge in [-0.05, 0) is 60.0 Å². The maximum absolute atomic E-state index is 13.8. The third kappa shape index (κ3) is 2.99. The molecule has 0 spiro atoms. The van der Waals surface area contributed by atoms with Crippen molar-refractivity contribution in [3.8, 4) is 11.3 Å². The SMILES string of the molecule is Cc1c(C)n(Cc2cccc(F)c2)c2c(-c3ccc4ccccc4c3)nccc12. The first-order valence-electron chi connectivity index (χ1n) is 9.80. The van der Waals surface area contributed by atoms with Crippen LogP contribution >= 0.6 is 0 Å². The number of benzene rings is 3. The van der Waals surface area contributed by atoms with Crippen molar-refractivity contribution in [1.82, 2.24) is 9.55 Å². The first-order valence-corrected chi connectivity index (χ1v) is 9.80. The summed E-state index contributed by atoms with van der Waals surface area (Å²) in [7, 11) is 0. The summed E-state index contributed by atoms with van der Waals surface area (Å²) in [6, 6.07) is 23.7. The molecule has 0 saturated heterocycles. The fourth-order valence-corrected chi connectivity index (χ4v) is 4.16. The van der Waals surface area contributed by atoms with Gasteiger partial charge >= 0.3 is 0 Å². The van der Waals surface area contributed by atoms with E-state index in [-0.39, 0.29) is 5.82 Å². The van der Waals surface area contributed by atoms with Crippen molar-refractivity contribution in [2.45, 2.75) is 20.4 Å². The molecular weight excluding hydrogens is 359 g/mol. The number of fused-ring (bicyclic) bond motifs is 2. The summed E-state index contributed by atoms with van der Waals surface area (Å²) >= 11 is 0. The predicted molar refractivity (Wildman–Crippen MR) is 118 cm³/mol. The van der Waals surface area contributed by atoms with Gasteiger partial charge in [0.1, 0.15) is 5.82 Å². The average Bonchev–Trinajstić information content (AvgIpc) is 2.98. The van der Waals surface area contributed by atoms with Crippen LogP contribution in [-0.4, -0.2) is 9.55 Å². The third-order valence-corrected chi connectivity index (χ3v) is 5.80. The number of hydrogen-bond acceptors (Lipinski definition) is 1. The van der Waals surface area contributed by atoms with Crippen molar-refractivity contribution in [2.75, 3.05) is 0 Å². The van der Waals surface area contributed by atoms with E-state index in [0.29, 0.717) is 6.54 Å². The summed E-state index contributed by atoms with van der Waals surface area (Å²) in [6.45, 7) is 4.88. The molecule has 0 unspecified atom stereocenters. The Morgan fingerprint density at radius 1 is 0.862 bits per heavy atom. The number of halogens is 1. The van der Waals surface area contributed by atoms with E-state index in [1.54, 1.807) is 12.1 Å². The maximum Gasteiger partial charge on any atom is 0.123 e. The van der Waals surface area contributed by atoms with Crippen LogP contribution in [0.2, 0.25) is 0 Å². The molecule has 142 valence electrons. The summed E-state index contributed by atoms with van der Waals surface area (Å²) in [5, 5.41) is 3.60. The van der Waals surface area contributed by atoms with Crippen LogP contribution in [0.25, 0.3) is 32.9 Å². The Morgan fingerprint density at radius 2 is 1.69 bits per heavy atom. The Bertz CT molecular complexity index is 1360. The average molecular weight is 380 g/mol. The maximum atomic E-state index is 13.8. The second-order valence-electron chi connectivity index (χ2n) is 7.54. The van der Waals surface area contributed by atoms with Crippen LogP contribution in [0, 0.1) is 19.7 Å². The minimum absolute atomic E-state index is 0.207. The van der Waals surface area contributed by atoms with E-state index < -0.39 is 0 Å². The lowest BCUT2D eigenvalue weighted by atomic mass is 10.0. The van der Waals surface area contributed by atoms with E-state index in [9.17, 15) is 4.39 Å². The van der Waals surface area contributed by atoms with Gasteiger partial charge in [0.25, 0.3) is 0 Å². The van der Waals surface area contributed by atoms with E-state index in [2.05, 4.69) is 66.9 Å². The van der Waals surface area contributed by atoms with E-state index in [1.807, 2.05) is 12.3 Å². The van der Waals surface area contributed by atoms with Crippen LogP contribution < -0.4 is 0 Å². The van der Waals surface area contributed by atoms with Gasteiger partial charge in [-0.1, -0.05) is 48.5 Å². The quantitative estimate of drug-likeness (QED) is 0.342. The Kier molecular flexibility index (Phi) is 4.17. The molecule has 0 N–H and O–H groups in total. The van der Waals surface area contributed by atoms with Crippen molar-refractivity contribution in [3.63, 3.8) is 0 Å². The Balaban J connectivity index is 1.74. The molecule has 0 amide bonds. The number of nitrogens with zero attached hydrogens (tertiary/aromatic N) is 2. The summed E-state index contributed by atoms with van der Waals surface area (Å²) < 4.78 is 16.0. The Labute approximate surface area is 169 Å². The van der Waals surface area contributed by atoms with Gasteiger partial charge in [-0.25, -0.2) is 4.39 Å². The fourth-order valence-electron chi connectivity index (χ4n) is 4.16. The zero-order chi connectivity index (χ0) is 20.0.